The minimum absolute atomic E-state index is 0.0411. The zero-order valence-corrected chi connectivity index (χ0v) is 18.6. The minimum atomic E-state index is -0.757. The molecular weight excluding hydrogens is 386 g/mol. The van der Waals surface area contributed by atoms with E-state index in [0.717, 1.165) is 12.0 Å². The quantitative estimate of drug-likeness (QED) is 0.717. The van der Waals surface area contributed by atoms with Crippen LogP contribution in [0, 0.1) is 25.2 Å². The van der Waals surface area contributed by atoms with E-state index in [2.05, 4.69) is 62.5 Å². The summed E-state index contributed by atoms with van der Waals surface area (Å²) in [6.45, 7) is 7.93. The molecule has 0 bridgehead atoms. The Balaban J connectivity index is 1.55. The SMILES string of the molecule is Cc1cc(C)cc([C@@H](C)OC[C@@]2(c3ccccc3)CC[C@](C#N)(N3CCC3=O)CN2)c1. The fraction of sp³-hybridized carbons (Fsp3) is 0.462. The fourth-order valence-electron chi connectivity index (χ4n) is 4.88. The van der Waals surface area contributed by atoms with Crippen LogP contribution < -0.4 is 5.32 Å². The van der Waals surface area contributed by atoms with Crippen LogP contribution in [0.5, 0.6) is 0 Å². The molecule has 0 saturated carbocycles. The predicted octanol–water partition coefficient (Wildman–Crippen LogP) is 4.15. The summed E-state index contributed by atoms with van der Waals surface area (Å²) in [6, 6.07) is 19.3. The van der Waals surface area contributed by atoms with E-state index in [0.29, 0.717) is 32.5 Å². The van der Waals surface area contributed by atoms with Gasteiger partial charge in [0.15, 0.2) is 0 Å². The molecule has 2 aliphatic heterocycles. The second-order valence-electron chi connectivity index (χ2n) is 9.11. The van der Waals surface area contributed by atoms with Gasteiger partial charge in [-0.2, -0.15) is 5.26 Å². The lowest BCUT2D eigenvalue weighted by atomic mass is 9.75. The topological polar surface area (TPSA) is 65.4 Å². The molecule has 0 aromatic heterocycles. The van der Waals surface area contributed by atoms with Crippen LogP contribution in [0.4, 0.5) is 0 Å². The van der Waals surface area contributed by atoms with E-state index in [-0.39, 0.29) is 17.6 Å². The minimum Gasteiger partial charge on any atom is -0.372 e. The van der Waals surface area contributed by atoms with Crippen LogP contribution in [0.15, 0.2) is 48.5 Å². The van der Waals surface area contributed by atoms with Crippen LogP contribution in [-0.2, 0) is 15.1 Å². The number of nitrogens with one attached hydrogen (secondary N) is 1. The molecule has 162 valence electrons. The van der Waals surface area contributed by atoms with Gasteiger partial charge in [-0.15, -0.1) is 0 Å². The first-order chi connectivity index (χ1) is 14.9. The summed E-state index contributed by atoms with van der Waals surface area (Å²) >= 11 is 0. The van der Waals surface area contributed by atoms with Gasteiger partial charge in [0.1, 0.15) is 5.54 Å². The highest BCUT2D eigenvalue weighted by Gasteiger charge is 2.50. The largest absolute Gasteiger partial charge is 0.372 e. The molecule has 2 saturated heterocycles. The predicted molar refractivity (Wildman–Crippen MR) is 120 cm³/mol. The molecule has 3 atom stereocenters. The van der Waals surface area contributed by atoms with Crippen molar-refractivity contribution >= 4 is 5.91 Å². The third-order valence-corrected chi connectivity index (χ3v) is 6.88. The van der Waals surface area contributed by atoms with Crippen molar-refractivity contribution < 1.29 is 9.53 Å². The second-order valence-corrected chi connectivity index (χ2v) is 9.11. The third kappa shape index (κ3) is 4.11. The molecule has 0 radical (unpaired) electrons. The van der Waals surface area contributed by atoms with Crippen LogP contribution in [-0.4, -0.2) is 36.0 Å². The number of hydrogen-bond donors (Lipinski definition) is 1. The Hall–Kier alpha value is -2.68. The molecule has 2 aliphatic rings. The van der Waals surface area contributed by atoms with Gasteiger partial charge in [-0.1, -0.05) is 59.7 Å². The molecule has 2 aromatic rings. The third-order valence-electron chi connectivity index (χ3n) is 6.88. The molecule has 4 rings (SSSR count). The average molecular weight is 418 g/mol. The maximum absolute atomic E-state index is 12.1. The number of benzene rings is 2. The molecule has 0 spiro atoms. The Kier molecular flexibility index (Phi) is 5.88. The van der Waals surface area contributed by atoms with Gasteiger partial charge >= 0.3 is 0 Å². The number of carbonyl (C=O) groups excluding carboxylic acids is 1. The van der Waals surface area contributed by atoms with Crippen molar-refractivity contribution in [2.75, 3.05) is 19.7 Å². The number of nitriles is 1. The first-order valence-corrected chi connectivity index (χ1v) is 11.1. The molecule has 0 unspecified atom stereocenters. The van der Waals surface area contributed by atoms with Crippen molar-refractivity contribution in [2.45, 2.75) is 57.2 Å². The summed E-state index contributed by atoms with van der Waals surface area (Å²) in [5.41, 5.74) is 3.66. The summed E-state index contributed by atoms with van der Waals surface area (Å²) in [7, 11) is 0. The lowest BCUT2D eigenvalue weighted by molar-refractivity contribution is -0.148. The number of β-lactam (4-membered cyclic amide) rings is 1. The summed E-state index contributed by atoms with van der Waals surface area (Å²) in [5, 5.41) is 13.6. The average Bonchev–Trinajstić information content (AvgIpc) is 2.77. The summed E-state index contributed by atoms with van der Waals surface area (Å²) in [5.74, 6) is 0.0789. The van der Waals surface area contributed by atoms with E-state index in [1.807, 2.05) is 18.2 Å². The molecule has 1 N–H and O–H groups in total. The van der Waals surface area contributed by atoms with Crippen LogP contribution >= 0.6 is 0 Å². The smallest absolute Gasteiger partial charge is 0.225 e. The highest BCUT2D eigenvalue weighted by molar-refractivity contribution is 5.83. The molecule has 0 aliphatic carbocycles. The van der Waals surface area contributed by atoms with Crippen molar-refractivity contribution in [3.8, 4) is 6.07 Å². The number of ether oxygens (including phenoxy) is 1. The number of likely N-dealkylation sites (tertiary alicyclic amines) is 1. The van der Waals surface area contributed by atoms with Crippen molar-refractivity contribution in [3.63, 3.8) is 0 Å². The van der Waals surface area contributed by atoms with Gasteiger partial charge in [0, 0.05) is 19.5 Å². The van der Waals surface area contributed by atoms with Gasteiger partial charge in [-0.25, -0.2) is 0 Å². The van der Waals surface area contributed by atoms with E-state index in [1.54, 1.807) is 4.90 Å². The molecule has 31 heavy (non-hydrogen) atoms. The van der Waals surface area contributed by atoms with Gasteiger partial charge < -0.3 is 15.0 Å². The van der Waals surface area contributed by atoms with Gasteiger partial charge in [0.25, 0.3) is 0 Å². The molecule has 1 amide bonds. The Morgan fingerprint density at radius 3 is 2.39 bits per heavy atom. The van der Waals surface area contributed by atoms with Crippen molar-refractivity contribution in [1.82, 2.24) is 10.2 Å². The first kappa shape index (κ1) is 21.5. The zero-order valence-electron chi connectivity index (χ0n) is 18.6. The van der Waals surface area contributed by atoms with Crippen LogP contribution in [0.1, 0.15) is 54.5 Å². The van der Waals surface area contributed by atoms with Gasteiger partial charge in [0.05, 0.1) is 24.3 Å². The van der Waals surface area contributed by atoms with E-state index in [1.165, 1.54) is 16.7 Å². The number of piperidine rings is 1. The number of nitrogens with zero attached hydrogens (tertiary/aromatic N) is 2. The fourth-order valence-corrected chi connectivity index (χ4v) is 4.88. The Morgan fingerprint density at radius 1 is 1.16 bits per heavy atom. The van der Waals surface area contributed by atoms with Crippen molar-refractivity contribution in [3.05, 3.63) is 70.8 Å². The maximum atomic E-state index is 12.1. The maximum Gasteiger partial charge on any atom is 0.225 e. The summed E-state index contributed by atoms with van der Waals surface area (Å²) in [4.78, 5) is 13.8. The van der Waals surface area contributed by atoms with Crippen LogP contribution in [0.2, 0.25) is 0 Å². The normalized spacial score (nSPS) is 26.8. The van der Waals surface area contributed by atoms with E-state index >= 15 is 0 Å². The molecule has 5 nitrogen and oxygen atoms in total. The van der Waals surface area contributed by atoms with E-state index in [4.69, 9.17) is 4.74 Å². The zero-order chi connectivity index (χ0) is 22.1. The number of aryl methyl sites for hydroxylation is 2. The van der Waals surface area contributed by atoms with Crippen molar-refractivity contribution in [1.29, 1.82) is 5.26 Å². The van der Waals surface area contributed by atoms with Crippen molar-refractivity contribution in [2.24, 2.45) is 0 Å². The molecular formula is C26H31N3O2. The van der Waals surface area contributed by atoms with Gasteiger partial charge in [-0.05, 0) is 44.7 Å². The molecule has 2 heterocycles. The monoisotopic (exact) mass is 417 g/mol. The standard InChI is InChI=1S/C26H31N3O2/c1-19-13-20(2)15-22(14-19)21(3)31-18-26(23-7-5-4-6-8-23)11-10-25(16-27,17-28-26)29-12-9-24(29)30/h4-8,13-15,21,28H,9-12,17-18H2,1-3H3/t21-,25-,26-/m1/s1. The lowest BCUT2D eigenvalue weighted by Crippen LogP contribution is -2.67. The number of rotatable bonds is 6. The highest BCUT2D eigenvalue weighted by atomic mass is 16.5. The summed E-state index contributed by atoms with van der Waals surface area (Å²) in [6.07, 6.45) is 1.87. The highest BCUT2D eigenvalue weighted by Crippen LogP contribution is 2.39. The number of carbonyl (C=O) groups is 1. The molecule has 2 fully saturated rings. The van der Waals surface area contributed by atoms with Gasteiger partial charge in [0.2, 0.25) is 5.91 Å². The Bertz CT molecular complexity index is 967. The van der Waals surface area contributed by atoms with E-state index < -0.39 is 5.54 Å². The lowest BCUT2D eigenvalue weighted by Gasteiger charge is -2.51. The van der Waals surface area contributed by atoms with Crippen LogP contribution in [0.3, 0.4) is 0 Å². The molecule has 5 heteroatoms. The van der Waals surface area contributed by atoms with Gasteiger partial charge in [-0.3, -0.25) is 4.79 Å². The van der Waals surface area contributed by atoms with Crippen LogP contribution in [0.25, 0.3) is 0 Å². The Labute approximate surface area is 185 Å². The first-order valence-electron chi connectivity index (χ1n) is 11.1. The Morgan fingerprint density at radius 2 is 1.87 bits per heavy atom. The number of amides is 1. The number of hydrogen-bond acceptors (Lipinski definition) is 4. The van der Waals surface area contributed by atoms with E-state index in [9.17, 15) is 10.1 Å². The summed E-state index contributed by atoms with van der Waals surface area (Å²) < 4.78 is 6.43. The molecule has 2 aromatic carbocycles. The second kappa shape index (κ2) is 8.45.